The van der Waals surface area contributed by atoms with E-state index in [0.717, 1.165) is 11.8 Å². The standard InChI is InChI=1S/C20H11N3O6S2/c24-19-18(31-20(30)21(19)14-2-1-3-15(10-14)23(27)28)11-16-8-9-17(29-16)12-4-6-13(7-5-12)22(25)26/h1-11H/b18-11-. The van der Waals surface area contributed by atoms with Crippen LogP contribution in [0.15, 0.2) is 70.0 Å². The molecule has 0 atom stereocenters. The normalized spacial score (nSPS) is 15.0. The molecule has 0 unspecified atom stereocenters. The number of nitrogens with zero attached hydrogens (tertiary/aromatic N) is 3. The summed E-state index contributed by atoms with van der Waals surface area (Å²) in [5.41, 5.74) is 0.787. The fourth-order valence-corrected chi connectivity index (χ4v) is 4.18. The quantitative estimate of drug-likeness (QED) is 0.225. The average Bonchev–Trinajstić information content (AvgIpc) is 3.32. The number of thioether (sulfide) groups is 1. The number of anilines is 1. The van der Waals surface area contributed by atoms with E-state index in [4.69, 9.17) is 16.6 Å². The molecule has 1 aromatic heterocycles. The van der Waals surface area contributed by atoms with Gasteiger partial charge in [-0.15, -0.1) is 0 Å². The van der Waals surface area contributed by atoms with Crippen LogP contribution in [0.2, 0.25) is 0 Å². The highest BCUT2D eigenvalue weighted by Crippen LogP contribution is 2.37. The summed E-state index contributed by atoms with van der Waals surface area (Å²) in [7, 11) is 0. The monoisotopic (exact) mass is 453 g/mol. The zero-order valence-electron chi connectivity index (χ0n) is 15.5. The van der Waals surface area contributed by atoms with Gasteiger partial charge in [0, 0.05) is 35.9 Å². The molecule has 3 aromatic rings. The summed E-state index contributed by atoms with van der Waals surface area (Å²) in [5, 5.41) is 21.8. The second-order valence-electron chi connectivity index (χ2n) is 6.30. The first kappa shape index (κ1) is 20.4. The highest BCUT2D eigenvalue weighted by molar-refractivity contribution is 8.27. The Morgan fingerprint density at radius 2 is 1.68 bits per heavy atom. The highest BCUT2D eigenvalue weighted by Gasteiger charge is 2.34. The molecule has 9 nitrogen and oxygen atoms in total. The number of hydrogen-bond acceptors (Lipinski definition) is 8. The molecule has 2 aromatic carbocycles. The summed E-state index contributed by atoms with van der Waals surface area (Å²) in [5.74, 6) is 0.465. The van der Waals surface area contributed by atoms with Crippen LogP contribution in [0.3, 0.4) is 0 Å². The molecular formula is C20H11N3O6S2. The number of benzene rings is 2. The van der Waals surface area contributed by atoms with Crippen molar-refractivity contribution in [3.63, 3.8) is 0 Å². The maximum absolute atomic E-state index is 12.9. The molecule has 1 aliphatic heterocycles. The van der Waals surface area contributed by atoms with E-state index in [2.05, 4.69) is 0 Å². The van der Waals surface area contributed by atoms with E-state index < -0.39 is 15.8 Å². The molecule has 1 fully saturated rings. The Labute approximate surface area is 184 Å². The van der Waals surface area contributed by atoms with Crippen molar-refractivity contribution in [1.29, 1.82) is 0 Å². The lowest BCUT2D eigenvalue weighted by molar-refractivity contribution is -0.385. The van der Waals surface area contributed by atoms with Gasteiger partial charge in [-0.25, -0.2) is 0 Å². The maximum atomic E-state index is 12.9. The summed E-state index contributed by atoms with van der Waals surface area (Å²) in [6.07, 6.45) is 1.53. The zero-order valence-corrected chi connectivity index (χ0v) is 17.1. The van der Waals surface area contributed by atoms with Crippen molar-refractivity contribution in [2.75, 3.05) is 4.90 Å². The number of carbonyl (C=O) groups is 1. The third-order valence-electron chi connectivity index (χ3n) is 4.36. The summed E-state index contributed by atoms with van der Waals surface area (Å²) >= 11 is 6.35. The van der Waals surface area contributed by atoms with Crippen molar-refractivity contribution in [2.24, 2.45) is 0 Å². The van der Waals surface area contributed by atoms with Gasteiger partial charge in [-0.2, -0.15) is 0 Å². The Kier molecular flexibility index (Phi) is 5.36. The van der Waals surface area contributed by atoms with Crippen LogP contribution in [-0.2, 0) is 4.79 Å². The number of nitro groups is 2. The first-order valence-corrected chi connectivity index (χ1v) is 9.93. The van der Waals surface area contributed by atoms with Gasteiger partial charge >= 0.3 is 0 Å². The number of thiocarbonyl (C=S) groups is 1. The summed E-state index contributed by atoms with van der Waals surface area (Å²) in [6, 6.07) is 14.9. The fourth-order valence-electron chi connectivity index (χ4n) is 2.90. The van der Waals surface area contributed by atoms with Gasteiger partial charge in [0.2, 0.25) is 0 Å². The number of carbonyl (C=O) groups excluding carboxylic acids is 1. The molecule has 0 radical (unpaired) electrons. The van der Waals surface area contributed by atoms with Crippen LogP contribution in [0.25, 0.3) is 17.4 Å². The number of amides is 1. The van der Waals surface area contributed by atoms with Crippen molar-refractivity contribution in [2.45, 2.75) is 0 Å². The predicted octanol–water partition coefficient (Wildman–Crippen LogP) is 5.17. The molecule has 1 amide bonds. The van der Waals surface area contributed by atoms with Crippen LogP contribution >= 0.6 is 24.0 Å². The second-order valence-corrected chi connectivity index (χ2v) is 7.98. The van der Waals surface area contributed by atoms with Gasteiger partial charge < -0.3 is 4.42 Å². The Morgan fingerprint density at radius 1 is 0.968 bits per heavy atom. The Bertz CT molecular complexity index is 1270. The molecule has 31 heavy (non-hydrogen) atoms. The third-order valence-corrected chi connectivity index (χ3v) is 5.66. The van der Waals surface area contributed by atoms with Gasteiger partial charge in [-0.3, -0.25) is 29.9 Å². The maximum Gasteiger partial charge on any atom is 0.271 e. The van der Waals surface area contributed by atoms with Crippen molar-refractivity contribution >= 4 is 57.3 Å². The number of non-ortho nitro benzene ring substituents is 2. The van der Waals surface area contributed by atoms with Crippen molar-refractivity contribution in [3.8, 4) is 11.3 Å². The Morgan fingerprint density at radius 3 is 2.35 bits per heavy atom. The smallest absolute Gasteiger partial charge is 0.271 e. The molecule has 4 rings (SSSR count). The van der Waals surface area contributed by atoms with Crippen LogP contribution in [0.4, 0.5) is 17.1 Å². The molecule has 154 valence electrons. The van der Waals surface area contributed by atoms with E-state index in [9.17, 15) is 25.0 Å². The van der Waals surface area contributed by atoms with Crippen LogP contribution in [0.1, 0.15) is 5.76 Å². The highest BCUT2D eigenvalue weighted by atomic mass is 32.2. The number of furan rings is 1. The van der Waals surface area contributed by atoms with Crippen LogP contribution in [-0.4, -0.2) is 20.1 Å². The topological polar surface area (TPSA) is 120 Å². The van der Waals surface area contributed by atoms with Gasteiger partial charge in [-0.1, -0.05) is 30.0 Å². The molecule has 2 heterocycles. The van der Waals surface area contributed by atoms with Crippen LogP contribution in [0.5, 0.6) is 0 Å². The summed E-state index contributed by atoms with van der Waals surface area (Å²) in [4.78, 5) is 35.2. The first-order valence-electron chi connectivity index (χ1n) is 8.70. The predicted molar refractivity (Wildman–Crippen MR) is 120 cm³/mol. The summed E-state index contributed by atoms with van der Waals surface area (Å²) in [6.45, 7) is 0. The average molecular weight is 453 g/mol. The lowest BCUT2D eigenvalue weighted by Gasteiger charge is -2.13. The molecule has 0 spiro atoms. The molecule has 0 saturated carbocycles. The van der Waals surface area contributed by atoms with E-state index in [1.807, 2.05) is 0 Å². The second kappa shape index (κ2) is 8.13. The van der Waals surface area contributed by atoms with Crippen molar-refractivity contribution in [3.05, 3.63) is 91.6 Å². The van der Waals surface area contributed by atoms with E-state index in [0.29, 0.717) is 27.7 Å². The number of rotatable bonds is 5. The molecule has 11 heteroatoms. The van der Waals surface area contributed by atoms with Gasteiger partial charge in [0.05, 0.1) is 20.4 Å². The SMILES string of the molecule is O=C1/C(=C/c2ccc(-c3ccc([N+](=O)[O-])cc3)o2)SC(=S)N1c1cccc([N+](=O)[O-])c1. The zero-order chi connectivity index (χ0) is 22.1. The first-order chi connectivity index (χ1) is 14.8. The van der Waals surface area contributed by atoms with E-state index in [1.54, 1.807) is 30.3 Å². The van der Waals surface area contributed by atoms with Crippen LogP contribution < -0.4 is 4.90 Å². The van der Waals surface area contributed by atoms with Gasteiger partial charge in [0.1, 0.15) is 11.5 Å². The largest absolute Gasteiger partial charge is 0.457 e. The molecule has 0 bridgehead atoms. The van der Waals surface area contributed by atoms with Crippen molar-refractivity contribution in [1.82, 2.24) is 0 Å². The Balaban J connectivity index is 1.58. The lowest BCUT2D eigenvalue weighted by atomic mass is 10.1. The third kappa shape index (κ3) is 4.09. The van der Waals surface area contributed by atoms with Gasteiger partial charge in [0.15, 0.2) is 4.32 Å². The van der Waals surface area contributed by atoms with Gasteiger partial charge in [0.25, 0.3) is 17.3 Å². The van der Waals surface area contributed by atoms with E-state index in [-0.39, 0.29) is 15.7 Å². The lowest BCUT2D eigenvalue weighted by Crippen LogP contribution is -2.27. The Hall–Kier alpha value is -3.83. The molecule has 1 aliphatic rings. The molecule has 0 N–H and O–H groups in total. The van der Waals surface area contributed by atoms with E-state index in [1.165, 1.54) is 41.3 Å². The number of hydrogen-bond donors (Lipinski definition) is 0. The molecule has 1 saturated heterocycles. The van der Waals surface area contributed by atoms with E-state index >= 15 is 0 Å². The van der Waals surface area contributed by atoms with Crippen LogP contribution in [0, 0.1) is 20.2 Å². The summed E-state index contributed by atoms with van der Waals surface area (Å²) < 4.78 is 5.99. The van der Waals surface area contributed by atoms with Crippen molar-refractivity contribution < 1.29 is 19.1 Å². The molecule has 0 aliphatic carbocycles. The minimum absolute atomic E-state index is 0.0275. The number of nitro benzene ring substituents is 2. The minimum atomic E-state index is -0.542. The van der Waals surface area contributed by atoms with Gasteiger partial charge in [-0.05, 0) is 30.3 Å². The minimum Gasteiger partial charge on any atom is -0.457 e. The fraction of sp³-hybridized carbons (Fsp3) is 0. The molecular weight excluding hydrogens is 442 g/mol.